The summed E-state index contributed by atoms with van der Waals surface area (Å²) in [6, 6.07) is 8.90. The normalized spacial score (nSPS) is 11.8. The smallest absolute Gasteiger partial charge is 0.311 e. The van der Waals surface area contributed by atoms with Gasteiger partial charge in [-0.25, -0.2) is 0 Å². The Labute approximate surface area is 174 Å². The Hall–Kier alpha value is -3.48. The van der Waals surface area contributed by atoms with E-state index in [0.29, 0.717) is 17.2 Å². The highest BCUT2D eigenvalue weighted by Gasteiger charge is 2.20. The Bertz CT molecular complexity index is 1080. The maximum atomic E-state index is 12.4. The van der Waals surface area contributed by atoms with E-state index in [9.17, 15) is 9.59 Å². The summed E-state index contributed by atoms with van der Waals surface area (Å²) >= 11 is 0. The van der Waals surface area contributed by atoms with Crippen molar-refractivity contribution in [2.45, 2.75) is 33.3 Å². The van der Waals surface area contributed by atoms with Crippen LogP contribution < -0.4 is 14.8 Å². The Morgan fingerprint density at radius 3 is 2.50 bits per heavy atom. The minimum Gasteiger partial charge on any atom is -0.493 e. The Morgan fingerprint density at radius 2 is 1.80 bits per heavy atom. The number of carbonyl (C=O) groups is 2. The van der Waals surface area contributed by atoms with E-state index in [2.05, 4.69) is 5.32 Å². The van der Waals surface area contributed by atoms with Crippen molar-refractivity contribution in [3.63, 3.8) is 0 Å². The van der Waals surface area contributed by atoms with E-state index in [4.69, 9.17) is 18.6 Å². The van der Waals surface area contributed by atoms with Crippen LogP contribution in [0.5, 0.6) is 11.5 Å². The second kappa shape index (κ2) is 8.90. The van der Waals surface area contributed by atoms with Crippen LogP contribution in [0.25, 0.3) is 11.0 Å². The summed E-state index contributed by atoms with van der Waals surface area (Å²) in [6.45, 7) is 5.50. The second-order valence-electron chi connectivity index (χ2n) is 7.01. The molecule has 30 heavy (non-hydrogen) atoms. The van der Waals surface area contributed by atoms with Gasteiger partial charge >= 0.3 is 5.97 Å². The molecule has 3 aromatic rings. The zero-order valence-corrected chi connectivity index (χ0v) is 17.7. The van der Waals surface area contributed by atoms with Crippen LogP contribution in [0.2, 0.25) is 0 Å². The van der Waals surface area contributed by atoms with Gasteiger partial charge in [0.15, 0.2) is 17.6 Å². The third-order valence-corrected chi connectivity index (χ3v) is 5.01. The fourth-order valence-electron chi connectivity index (χ4n) is 3.13. The molecule has 2 aromatic carbocycles. The maximum absolute atomic E-state index is 12.4. The van der Waals surface area contributed by atoms with E-state index in [1.165, 1.54) is 21.1 Å². The zero-order chi connectivity index (χ0) is 21.8. The van der Waals surface area contributed by atoms with Gasteiger partial charge in [-0.3, -0.25) is 9.59 Å². The number of amides is 1. The molecule has 0 radical (unpaired) electrons. The number of benzene rings is 2. The van der Waals surface area contributed by atoms with Crippen molar-refractivity contribution < 1.29 is 28.2 Å². The van der Waals surface area contributed by atoms with Gasteiger partial charge in [-0.15, -0.1) is 0 Å². The van der Waals surface area contributed by atoms with Crippen LogP contribution in [0, 0.1) is 13.8 Å². The number of furan rings is 1. The fraction of sp³-hybridized carbons (Fsp3) is 0.304. The van der Waals surface area contributed by atoms with Crippen LogP contribution in [0.1, 0.15) is 23.6 Å². The molecule has 0 spiro atoms. The van der Waals surface area contributed by atoms with E-state index in [0.717, 1.165) is 27.7 Å². The van der Waals surface area contributed by atoms with Crippen molar-refractivity contribution in [2.24, 2.45) is 0 Å². The van der Waals surface area contributed by atoms with Crippen LogP contribution in [-0.4, -0.2) is 32.2 Å². The maximum Gasteiger partial charge on any atom is 0.311 e. The lowest BCUT2D eigenvalue weighted by molar-refractivity contribution is -0.152. The lowest BCUT2D eigenvalue weighted by atomic mass is 10.0. The summed E-state index contributed by atoms with van der Waals surface area (Å²) < 4.78 is 21.3. The van der Waals surface area contributed by atoms with Crippen molar-refractivity contribution >= 4 is 28.5 Å². The minimum atomic E-state index is -0.965. The molecule has 0 fully saturated rings. The van der Waals surface area contributed by atoms with Crippen LogP contribution in [0.3, 0.4) is 0 Å². The number of aryl methyl sites for hydroxylation is 2. The van der Waals surface area contributed by atoms with Crippen molar-refractivity contribution in [1.82, 2.24) is 0 Å². The molecule has 0 aliphatic carbocycles. The lowest BCUT2D eigenvalue weighted by Crippen LogP contribution is -2.30. The molecule has 1 atom stereocenters. The van der Waals surface area contributed by atoms with E-state index >= 15 is 0 Å². The summed E-state index contributed by atoms with van der Waals surface area (Å²) in [4.78, 5) is 24.8. The summed E-state index contributed by atoms with van der Waals surface area (Å²) in [6.07, 6.45) is 0.615. The first-order chi connectivity index (χ1) is 14.3. The first kappa shape index (κ1) is 21.2. The minimum absolute atomic E-state index is 0.0173. The molecule has 1 amide bonds. The molecular weight excluding hydrogens is 386 g/mol. The van der Waals surface area contributed by atoms with Crippen molar-refractivity contribution in [3.8, 4) is 11.5 Å². The highest BCUT2D eigenvalue weighted by atomic mass is 16.5. The van der Waals surface area contributed by atoms with Gasteiger partial charge in [-0.05, 0) is 44.0 Å². The number of rotatable bonds is 7. The van der Waals surface area contributed by atoms with Crippen LogP contribution in [0.15, 0.2) is 41.0 Å². The van der Waals surface area contributed by atoms with Gasteiger partial charge in [0, 0.05) is 22.7 Å². The predicted octanol–water partition coefficient (Wildman–Crippen LogP) is 4.18. The van der Waals surface area contributed by atoms with Gasteiger partial charge in [-0.2, -0.15) is 0 Å². The van der Waals surface area contributed by atoms with E-state index in [1.54, 1.807) is 24.5 Å². The third kappa shape index (κ3) is 4.40. The number of hydrogen-bond donors (Lipinski definition) is 1. The van der Waals surface area contributed by atoms with Crippen LogP contribution in [0.4, 0.5) is 5.69 Å². The highest BCUT2D eigenvalue weighted by Crippen LogP contribution is 2.30. The number of esters is 1. The average molecular weight is 411 g/mol. The number of methoxy groups -OCH3 is 2. The molecule has 0 saturated heterocycles. The molecule has 1 heterocycles. The molecule has 1 aromatic heterocycles. The number of nitrogens with one attached hydrogen (secondary N) is 1. The average Bonchev–Trinajstić information content (AvgIpc) is 3.13. The summed E-state index contributed by atoms with van der Waals surface area (Å²) in [5.41, 5.74) is 4.15. The zero-order valence-electron chi connectivity index (χ0n) is 17.7. The van der Waals surface area contributed by atoms with Crippen LogP contribution >= 0.6 is 0 Å². The standard InChI is InChI=1S/C23H25NO6/c1-13-6-8-18-16(12-29-22(18)14(13)2)10-21(25)30-15(3)23(26)24-17-7-9-19(27-4)20(11-17)28-5/h6-9,11-12,15H,10H2,1-5H3,(H,24,26)/t15-/m1/s1. The van der Waals surface area contributed by atoms with Crippen molar-refractivity contribution in [1.29, 1.82) is 0 Å². The first-order valence-electron chi connectivity index (χ1n) is 9.52. The molecule has 0 bridgehead atoms. The number of ether oxygens (including phenoxy) is 3. The largest absolute Gasteiger partial charge is 0.493 e. The second-order valence-corrected chi connectivity index (χ2v) is 7.01. The number of fused-ring (bicyclic) bond motifs is 1. The summed E-state index contributed by atoms with van der Waals surface area (Å²) in [5.74, 6) is 0.0787. The van der Waals surface area contributed by atoms with Crippen molar-refractivity contribution in [3.05, 3.63) is 53.3 Å². The van der Waals surface area contributed by atoms with Gasteiger partial charge < -0.3 is 23.9 Å². The van der Waals surface area contributed by atoms with Gasteiger partial charge in [0.25, 0.3) is 5.91 Å². The molecule has 0 aliphatic heterocycles. The van der Waals surface area contributed by atoms with E-state index < -0.39 is 18.0 Å². The topological polar surface area (TPSA) is 87.0 Å². The SMILES string of the molecule is COc1ccc(NC(=O)[C@@H](C)OC(=O)Cc2coc3c(C)c(C)ccc23)cc1OC. The summed E-state index contributed by atoms with van der Waals surface area (Å²) in [5, 5.41) is 3.58. The molecule has 0 saturated carbocycles. The number of carbonyl (C=O) groups excluding carboxylic acids is 2. The highest BCUT2D eigenvalue weighted by molar-refractivity contribution is 5.96. The Morgan fingerprint density at radius 1 is 1.07 bits per heavy atom. The molecule has 158 valence electrons. The quantitative estimate of drug-likeness (QED) is 0.587. The number of hydrogen-bond acceptors (Lipinski definition) is 6. The van der Waals surface area contributed by atoms with E-state index in [-0.39, 0.29) is 6.42 Å². The molecule has 0 aliphatic rings. The Kier molecular flexibility index (Phi) is 6.30. The first-order valence-corrected chi connectivity index (χ1v) is 9.52. The third-order valence-electron chi connectivity index (χ3n) is 5.01. The predicted molar refractivity (Wildman–Crippen MR) is 113 cm³/mol. The number of anilines is 1. The van der Waals surface area contributed by atoms with Gasteiger partial charge in [0.2, 0.25) is 0 Å². The monoisotopic (exact) mass is 411 g/mol. The van der Waals surface area contributed by atoms with E-state index in [1.807, 2.05) is 26.0 Å². The molecule has 7 heteroatoms. The fourth-order valence-corrected chi connectivity index (χ4v) is 3.13. The van der Waals surface area contributed by atoms with Crippen LogP contribution in [-0.2, 0) is 20.7 Å². The molecule has 0 unspecified atom stereocenters. The summed E-state index contributed by atoms with van der Waals surface area (Å²) in [7, 11) is 3.04. The van der Waals surface area contributed by atoms with Crippen molar-refractivity contribution in [2.75, 3.05) is 19.5 Å². The van der Waals surface area contributed by atoms with Gasteiger partial charge in [0.05, 0.1) is 26.9 Å². The molecule has 7 nitrogen and oxygen atoms in total. The molecular formula is C23H25NO6. The Balaban J connectivity index is 1.63. The van der Waals surface area contributed by atoms with Gasteiger partial charge in [-0.1, -0.05) is 12.1 Å². The lowest BCUT2D eigenvalue weighted by Gasteiger charge is -2.14. The van der Waals surface area contributed by atoms with Gasteiger partial charge in [0.1, 0.15) is 5.58 Å². The molecule has 3 rings (SSSR count). The molecule has 1 N–H and O–H groups in total.